The Labute approximate surface area is 177 Å². The van der Waals surface area contributed by atoms with Gasteiger partial charge in [-0.2, -0.15) is 0 Å². The minimum absolute atomic E-state index is 0.116. The lowest BCUT2D eigenvalue weighted by Gasteiger charge is -2.15. The third kappa shape index (κ3) is 2.74. The monoisotopic (exact) mass is 419 g/mol. The van der Waals surface area contributed by atoms with E-state index in [-0.39, 0.29) is 12.5 Å². The fourth-order valence-corrected chi connectivity index (χ4v) is 4.54. The van der Waals surface area contributed by atoms with Crippen LogP contribution in [-0.4, -0.2) is 44.3 Å². The Balaban J connectivity index is 1.60. The van der Waals surface area contributed by atoms with Crippen LogP contribution in [0.3, 0.4) is 0 Å². The Morgan fingerprint density at radius 3 is 2.87 bits per heavy atom. The van der Waals surface area contributed by atoms with Crippen molar-refractivity contribution in [2.45, 2.75) is 31.5 Å². The van der Waals surface area contributed by atoms with Gasteiger partial charge in [-0.05, 0) is 31.0 Å². The topological polar surface area (TPSA) is 74.0 Å². The quantitative estimate of drug-likeness (QED) is 0.550. The van der Waals surface area contributed by atoms with Crippen LogP contribution in [-0.2, 0) is 20.0 Å². The molecular formula is C23H22FN5O2. The van der Waals surface area contributed by atoms with Gasteiger partial charge in [0.2, 0.25) is 0 Å². The highest BCUT2D eigenvalue weighted by Crippen LogP contribution is 2.44. The van der Waals surface area contributed by atoms with Gasteiger partial charge in [-0.25, -0.2) is 14.4 Å². The van der Waals surface area contributed by atoms with Crippen molar-refractivity contribution in [2.24, 2.45) is 7.05 Å². The van der Waals surface area contributed by atoms with Gasteiger partial charge in [-0.3, -0.25) is 4.79 Å². The van der Waals surface area contributed by atoms with Crippen LogP contribution in [0.4, 0.5) is 4.39 Å². The second-order valence-electron chi connectivity index (χ2n) is 8.49. The molecule has 2 aliphatic rings. The fourth-order valence-electron chi connectivity index (χ4n) is 4.54. The second-order valence-corrected chi connectivity index (χ2v) is 8.49. The number of pyridine rings is 1. The maximum atomic E-state index is 14.9. The average molecular weight is 419 g/mol. The molecular weight excluding hydrogens is 397 g/mol. The van der Waals surface area contributed by atoms with E-state index in [0.29, 0.717) is 54.1 Å². The molecule has 1 fully saturated rings. The van der Waals surface area contributed by atoms with E-state index in [2.05, 4.69) is 5.32 Å². The summed E-state index contributed by atoms with van der Waals surface area (Å²) in [6, 6.07) is 9.65. The first kappa shape index (κ1) is 18.4. The molecule has 0 saturated heterocycles. The van der Waals surface area contributed by atoms with Crippen molar-refractivity contribution >= 4 is 28.0 Å². The molecule has 0 atom stereocenters. The SMILES string of the molecule is COc1cccc2cc(-c3nc4cc5c(nc4n3C)CCNC5=O)n(CC3(F)CC3)c12. The Hall–Kier alpha value is -3.42. The third-order valence-electron chi connectivity index (χ3n) is 6.38. The molecule has 0 spiro atoms. The number of benzene rings is 1. The molecule has 1 aliphatic carbocycles. The van der Waals surface area contributed by atoms with Gasteiger partial charge in [0.05, 0.1) is 36.1 Å². The van der Waals surface area contributed by atoms with E-state index in [9.17, 15) is 9.18 Å². The molecule has 1 amide bonds. The van der Waals surface area contributed by atoms with E-state index in [1.54, 1.807) is 13.2 Å². The first-order valence-electron chi connectivity index (χ1n) is 10.5. The molecule has 4 aromatic rings. The fraction of sp³-hybridized carbons (Fsp3) is 0.348. The number of ether oxygens (including phenoxy) is 1. The van der Waals surface area contributed by atoms with Gasteiger partial charge in [0, 0.05) is 25.4 Å². The lowest BCUT2D eigenvalue weighted by Crippen LogP contribution is -2.32. The number of methoxy groups -OCH3 is 1. The van der Waals surface area contributed by atoms with Crippen LogP contribution in [0.5, 0.6) is 5.75 Å². The molecule has 1 aromatic carbocycles. The Morgan fingerprint density at radius 2 is 2.10 bits per heavy atom. The number of aromatic nitrogens is 4. The molecule has 8 heteroatoms. The van der Waals surface area contributed by atoms with Gasteiger partial charge in [0.25, 0.3) is 5.91 Å². The largest absolute Gasteiger partial charge is 0.495 e. The molecule has 0 unspecified atom stereocenters. The molecule has 158 valence electrons. The maximum Gasteiger partial charge on any atom is 0.253 e. The van der Waals surface area contributed by atoms with Gasteiger partial charge < -0.3 is 19.2 Å². The number of alkyl halides is 1. The van der Waals surface area contributed by atoms with Gasteiger partial charge in [-0.1, -0.05) is 12.1 Å². The normalized spacial score (nSPS) is 17.1. The third-order valence-corrected chi connectivity index (χ3v) is 6.38. The highest BCUT2D eigenvalue weighted by atomic mass is 19.1. The summed E-state index contributed by atoms with van der Waals surface area (Å²) in [4.78, 5) is 21.8. The molecule has 1 saturated carbocycles. The standard InChI is InChI=1S/C23H22FN5O2/c1-28-20-16(11-14-15(26-20)6-9-25-22(14)30)27-21(28)17-10-13-4-3-5-18(31-2)19(13)29(17)12-23(24)7-8-23/h3-5,10-11H,6-9,12H2,1-2H3,(H,25,30). The van der Waals surface area contributed by atoms with Crippen LogP contribution in [0, 0.1) is 0 Å². The molecule has 0 bridgehead atoms. The molecule has 6 rings (SSSR count). The predicted molar refractivity (Wildman–Crippen MR) is 115 cm³/mol. The summed E-state index contributed by atoms with van der Waals surface area (Å²) in [7, 11) is 3.54. The van der Waals surface area contributed by atoms with Crippen molar-refractivity contribution in [1.29, 1.82) is 0 Å². The summed E-state index contributed by atoms with van der Waals surface area (Å²) in [5, 5.41) is 3.82. The van der Waals surface area contributed by atoms with E-state index in [1.807, 2.05) is 40.4 Å². The van der Waals surface area contributed by atoms with Crippen LogP contribution >= 0.6 is 0 Å². The highest BCUT2D eigenvalue weighted by Gasteiger charge is 2.44. The Morgan fingerprint density at radius 1 is 1.26 bits per heavy atom. The molecule has 3 aromatic heterocycles. The number of hydrogen-bond acceptors (Lipinski definition) is 4. The number of carbonyl (C=O) groups is 1. The Kier molecular flexibility index (Phi) is 3.73. The number of para-hydroxylation sites is 1. The lowest BCUT2D eigenvalue weighted by atomic mass is 10.1. The van der Waals surface area contributed by atoms with Crippen LogP contribution < -0.4 is 10.1 Å². The number of hydrogen-bond donors (Lipinski definition) is 1. The average Bonchev–Trinajstić information content (AvgIpc) is 3.26. The number of amides is 1. The molecule has 31 heavy (non-hydrogen) atoms. The minimum Gasteiger partial charge on any atom is -0.495 e. The first-order chi connectivity index (χ1) is 15.0. The number of nitrogens with one attached hydrogen (secondary N) is 1. The van der Waals surface area contributed by atoms with Crippen molar-refractivity contribution in [3.8, 4) is 17.3 Å². The molecule has 1 aliphatic heterocycles. The summed E-state index contributed by atoms with van der Waals surface area (Å²) in [5.41, 5.74) is 3.21. The number of imidazole rings is 1. The highest BCUT2D eigenvalue weighted by molar-refractivity contribution is 5.99. The van der Waals surface area contributed by atoms with Crippen LogP contribution in [0.15, 0.2) is 30.3 Å². The number of aryl methyl sites for hydroxylation is 1. The predicted octanol–water partition coefficient (Wildman–Crippen LogP) is 3.39. The van der Waals surface area contributed by atoms with Crippen molar-refractivity contribution in [2.75, 3.05) is 13.7 Å². The van der Waals surface area contributed by atoms with E-state index >= 15 is 0 Å². The maximum absolute atomic E-state index is 14.9. The van der Waals surface area contributed by atoms with E-state index < -0.39 is 5.67 Å². The Bertz CT molecular complexity index is 1380. The second kappa shape index (κ2) is 6.29. The zero-order chi connectivity index (χ0) is 21.3. The number of nitrogens with zero attached hydrogens (tertiary/aromatic N) is 4. The van der Waals surface area contributed by atoms with E-state index in [1.165, 1.54) is 0 Å². The summed E-state index contributed by atoms with van der Waals surface area (Å²) in [5.74, 6) is 1.28. The van der Waals surface area contributed by atoms with Crippen LogP contribution in [0.1, 0.15) is 28.9 Å². The van der Waals surface area contributed by atoms with Gasteiger partial charge in [0.15, 0.2) is 11.5 Å². The van der Waals surface area contributed by atoms with Gasteiger partial charge in [-0.15, -0.1) is 0 Å². The summed E-state index contributed by atoms with van der Waals surface area (Å²) >= 11 is 0. The molecule has 7 nitrogen and oxygen atoms in total. The van der Waals surface area contributed by atoms with Crippen LogP contribution in [0.25, 0.3) is 33.6 Å². The first-order valence-corrected chi connectivity index (χ1v) is 10.5. The molecule has 0 radical (unpaired) electrons. The summed E-state index contributed by atoms with van der Waals surface area (Å²) in [6.07, 6.45) is 1.82. The van der Waals surface area contributed by atoms with Crippen molar-refractivity contribution in [1.82, 2.24) is 24.4 Å². The molecule has 4 heterocycles. The number of halogens is 1. The van der Waals surface area contributed by atoms with Crippen molar-refractivity contribution in [3.63, 3.8) is 0 Å². The summed E-state index contributed by atoms with van der Waals surface area (Å²) in [6.45, 7) is 0.837. The van der Waals surface area contributed by atoms with Crippen LogP contribution in [0.2, 0.25) is 0 Å². The summed E-state index contributed by atoms with van der Waals surface area (Å²) < 4.78 is 24.4. The minimum atomic E-state index is -1.19. The molecule has 1 N–H and O–H groups in total. The smallest absolute Gasteiger partial charge is 0.253 e. The number of carbonyl (C=O) groups excluding carboxylic acids is 1. The van der Waals surface area contributed by atoms with Gasteiger partial charge in [0.1, 0.15) is 16.9 Å². The lowest BCUT2D eigenvalue weighted by molar-refractivity contribution is 0.0945. The van der Waals surface area contributed by atoms with E-state index in [0.717, 1.165) is 22.3 Å². The van der Waals surface area contributed by atoms with Crippen molar-refractivity contribution < 1.29 is 13.9 Å². The zero-order valence-electron chi connectivity index (χ0n) is 17.4. The number of fused-ring (bicyclic) bond motifs is 3. The number of rotatable bonds is 4. The van der Waals surface area contributed by atoms with Gasteiger partial charge >= 0.3 is 0 Å². The van der Waals surface area contributed by atoms with E-state index in [4.69, 9.17) is 14.7 Å². The van der Waals surface area contributed by atoms with Crippen molar-refractivity contribution in [3.05, 3.63) is 41.6 Å². The zero-order valence-corrected chi connectivity index (χ0v) is 17.4.